The summed E-state index contributed by atoms with van der Waals surface area (Å²) >= 11 is 0. The van der Waals surface area contributed by atoms with Crippen LogP contribution in [0.4, 0.5) is 0 Å². The molecule has 4 aliphatic rings. The third-order valence-corrected chi connectivity index (χ3v) is 14.3. The van der Waals surface area contributed by atoms with E-state index in [1.54, 1.807) is 5.57 Å². The first-order chi connectivity index (χ1) is 16.0. The normalized spacial score (nSPS) is 41.0. The lowest BCUT2D eigenvalue weighted by Crippen LogP contribution is -2.51. The zero-order chi connectivity index (χ0) is 24.7. The molecule has 0 amide bonds. The monoisotopic (exact) mass is 486 g/mol. The Morgan fingerprint density at radius 3 is 2.47 bits per heavy atom. The molecule has 0 N–H and O–H groups in total. The summed E-state index contributed by atoms with van der Waals surface area (Å²) in [4.78, 5) is 0. The fraction of sp³-hybridized carbons (Fsp3) is 0.938. The number of fused-ring (bicyclic) bond motifs is 5. The van der Waals surface area contributed by atoms with Crippen molar-refractivity contribution in [1.29, 1.82) is 0 Å². The summed E-state index contributed by atoms with van der Waals surface area (Å²) in [6.07, 6.45) is 20.1. The van der Waals surface area contributed by atoms with Crippen LogP contribution in [-0.2, 0) is 4.43 Å². The van der Waals surface area contributed by atoms with Gasteiger partial charge in [0.05, 0.1) is 0 Å². The van der Waals surface area contributed by atoms with Crippen LogP contribution in [0.2, 0.25) is 19.1 Å². The first kappa shape index (κ1) is 27.0. The summed E-state index contributed by atoms with van der Waals surface area (Å²) < 4.78 is 6.82. The van der Waals surface area contributed by atoms with Crippen LogP contribution >= 0.6 is 0 Å². The van der Waals surface area contributed by atoms with E-state index in [2.05, 4.69) is 60.7 Å². The van der Waals surface area contributed by atoms with Crippen molar-refractivity contribution in [2.45, 2.75) is 144 Å². The Morgan fingerprint density at radius 2 is 1.76 bits per heavy atom. The van der Waals surface area contributed by atoms with Crippen molar-refractivity contribution in [3.05, 3.63) is 11.6 Å². The van der Waals surface area contributed by atoms with Gasteiger partial charge in [-0.15, -0.1) is 0 Å². The van der Waals surface area contributed by atoms with E-state index in [0.29, 0.717) is 16.9 Å². The molecular weight excluding hydrogens is 428 g/mol. The van der Waals surface area contributed by atoms with E-state index in [1.807, 2.05) is 0 Å². The van der Waals surface area contributed by atoms with Crippen LogP contribution in [-0.4, -0.2) is 14.4 Å². The summed E-state index contributed by atoms with van der Waals surface area (Å²) in [5.41, 5.74) is 2.86. The molecule has 2 heteroatoms. The standard InChI is InChI=1S/C32H58OSi/c1-9-21-34(7,8)33-26-17-19-31(5)25(22-26)13-14-27-29-16-15-28(24(4)12-10-11-23(2)3)32(29,6)20-18-30(27)31/h13,23-24,26-30H,9-12,14-22H2,1-8H3. The third kappa shape index (κ3) is 5.16. The van der Waals surface area contributed by atoms with Crippen LogP contribution in [0.25, 0.3) is 0 Å². The van der Waals surface area contributed by atoms with Crippen LogP contribution in [0.5, 0.6) is 0 Å². The fourth-order valence-corrected chi connectivity index (χ4v) is 12.3. The van der Waals surface area contributed by atoms with Crippen LogP contribution in [0.1, 0.15) is 119 Å². The number of hydrogen-bond donors (Lipinski definition) is 0. The smallest absolute Gasteiger partial charge is 0.187 e. The second-order valence-corrected chi connectivity index (χ2v) is 19.0. The molecule has 0 heterocycles. The van der Waals surface area contributed by atoms with Crippen LogP contribution in [0, 0.1) is 46.3 Å². The Morgan fingerprint density at radius 1 is 1.00 bits per heavy atom. The van der Waals surface area contributed by atoms with Gasteiger partial charge in [-0.1, -0.05) is 78.9 Å². The Kier molecular flexibility index (Phi) is 8.21. The Bertz CT molecular complexity index is 725. The number of hydrogen-bond acceptors (Lipinski definition) is 1. The molecular formula is C32H58OSi. The molecule has 4 aliphatic carbocycles. The highest BCUT2D eigenvalue weighted by Gasteiger charge is 2.59. The maximum Gasteiger partial charge on any atom is 0.187 e. The van der Waals surface area contributed by atoms with Gasteiger partial charge >= 0.3 is 0 Å². The van der Waals surface area contributed by atoms with Crippen molar-refractivity contribution in [2.75, 3.05) is 0 Å². The van der Waals surface area contributed by atoms with Gasteiger partial charge in [-0.3, -0.25) is 0 Å². The molecule has 8 unspecified atom stereocenters. The SMILES string of the molecule is CCC[Si](C)(C)OC1CCC2(C)C(=CCC3C2CCC2(C)C(C(C)CCCC(C)C)CCC32)C1. The minimum Gasteiger partial charge on any atom is -0.414 e. The van der Waals surface area contributed by atoms with E-state index in [0.717, 1.165) is 35.5 Å². The summed E-state index contributed by atoms with van der Waals surface area (Å²) in [5.74, 6) is 5.60. The van der Waals surface area contributed by atoms with Gasteiger partial charge in [-0.05, 0) is 117 Å². The quantitative estimate of drug-likeness (QED) is 0.233. The average Bonchev–Trinajstić information content (AvgIpc) is 3.10. The van der Waals surface area contributed by atoms with E-state index in [4.69, 9.17) is 4.43 Å². The van der Waals surface area contributed by atoms with Gasteiger partial charge in [-0.2, -0.15) is 0 Å². The number of allylic oxidation sites excluding steroid dienone is 1. The van der Waals surface area contributed by atoms with Crippen molar-refractivity contribution in [2.24, 2.45) is 46.3 Å². The Balaban J connectivity index is 1.44. The predicted octanol–water partition coefficient (Wildman–Crippen LogP) is 10.0. The maximum absolute atomic E-state index is 6.82. The maximum atomic E-state index is 6.82. The van der Waals surface area contributed by atoms with Gasteiger partial charge in [0, 0.05) is 6.10 Å². The molecule has 0 radical (unpaired) electrons. The molecule has 0 aromatic heterocycles. The van der Waals surface area contributed by atoms with Gasteiger partial charge in [0.1, 0.15) is 0 Å². The second-order valence-electron chi connectivity index (χ2n) is 14.8. The molecule has 1 nitrogen and oxygen atoms in total. The molecule has 3 fully saturated rings. The van der Waals surface area contributed by atoms with E-state index >= 15 is 0 Å². The summed E-state index contributed by atoms with van der Waals surface area (Å²) in [6, 6.07) is 1.31. The molecule has 34 heavy (non-hydrogen) atoms. The molecule has 0 aromatic rings. The van der Waals surface area contributed by atoms with E-state index in [1.165, 1.54) is 83.1 Å². The molecule has 8 atom stereocenters. The Labute approximate surface area is 214 Å². The molecule has 3 saturated carbocycles. The molecule has 0 aromatic carbocycles. The van der Waals surface area contributed by atoms with Crippen LogP contribution in [0.3, 0.4) is 0 Å². The zero-order valence-corrected chi connectivity index (χ0v) is 25.2. The van der Waals surface area contributed by atoms with Crippen molar-refractivity contribution in [3.8, 4) is 0 Å². The highest BCUT2D eigenvalue weighted by molar-refractivity contribution is 6.71. The molecule has 0 aliphatic heterocycles. The molecule has 0 bridgehead atoms. The van der Waals surface area contributed by atoms with Gasteiger partial charge in [0.15, 0.2) is 8.32 Å². The van der Waals surface area contributed by atoms with Crippen LogP contribution in [0.15, 0.2) is 11.6 Å². The highest BCUT2D eigenvalue weighted by Crippen LogP contribution is 2.67. The highest BCUT2D eigenvalue weighted by atomic mass is 28.4. The van der Waals surface area contributed by atoms with Crippen LogP contribution < -0.4 is 0 Å². The topological polar surface area (TPSA) is 9.23 Å². The van der Waals surface area contributed by atoms with Crippen molar-refractivity contribution < 1.29 is 4.43 Å². The second kappa shape index (κ2) is 10.4. The number of rotatable bonds is 9. The first-order valence-corrected chi connectivity index (χ1v) is 18.5. The summed E-state index contributed by atoms with van der Waals surface area (Å²) in [7, 11) is -1.50. The van der Waals surface area contributed by atoms with Crippen molar-refractivity contribution in [1.82, 2.24) is 0 Å². The summed E-state index contributed by atoms with van der Waals surface area (Å²) in [5, 5.41) is 0. The van der Waals surface area contributed by atoms with E-state index in [9.17, 15) is 0 Å². The molecule has 0 saturated heterocycles. The predicted molar refractivity (Wildman–Crippen MR) is 150 cm³/mol. The average molecular weight is 487 g/mol. The summed E-state index contributed by atoms with van der Waals surface area (Å²) in [6.45, 7) is 20.0. The van der Waals surface area contributed by atoms with Crippen molar-refractivity contribution in [3.63, 3.8) is 0 Å². The lowest BCUT2D eigenvalue weighted by Gasteiger charge is -2.58. The minimum absolute atomic E-state index is 0.460. The zero-order valence-electron chi connectivity index (χ0n) is 24.2. The molecule has 4 rings (SSSR count). The van der Waals surface area contributed by atoms with E-state index in [-0.39, 0.29) is 0 Å². The molecule has 196 valence electrons. The fourth-order valence-electron chi connectivity index (χ4n) is 9.86. The van der Waals surface area contributed by atoms with Gasteiger partial charge in [0.2, 0.25) is 0 Å². The Hall–Kier alpha value is -0.0831. The largest absolute Gasteiger partial charge is 0.414 e. The van der Waals surface area contributed by atoms with Gasteiger partial charge in [0.25, 0.3) is 0 Å². The van der Waals surface area contributed by atoms with Gasteiger partial charge < -0.3 is 4.43 Å². The lowest BCUT2D eigenvalue weighted by atomic mass is 9.47. The van der Waals surface area contributed by atoms with Crippen molar-refractivity contribution >= 4 is 8.32 Å². The lowest BCUT2D eigenvalue weighted by molar-refractivity contribution is -0.0563. The molecule has 0 spiro atoms. The van der Waals surface area contributed by atoms with Gasteiger partial charge in [-0.25, -0.2) is 0 Å². The van der Waals surface area contributed by atoms with E-state index < -0.39 is 8.32 Å². The third-order valence-electron chi connectivity index (χ3n) is 11.6. The minimum atomic E-state index is -1.50. The first-order valence-electron chi connectivity index (χ1n) is 15.4.